The standard InChI is InChI=1S/C5H10.2H3N.2H3P/c1-2-4-5-3-1;;;;/h1-5H2;4*1H3. The Bertz CT molecular complexity index is 24.5. The highest BCUT2D eigenvalue weighted by Crippen LogP contribution is 2.15. The van der Waals surface area contributed by atoms with Gasteiger partial charge in [-0.25, -0.2) is 0 Å². The van der Waals surface area contributed by atoms with Gasteiger partial charge in [-0.1, -0.05) is 32.1 Å². The molecule has 9 heavy (non-hydrogen) atoms. The molecule has 1 saturated carbocycles. The van der Waals surface area contributed by atoms with Gasteiger partial charge >= 0.3 is 0 Å². The molecule has 0 radical (unpaired) electrons. The minimum atomic E-state index is 0. The van der Waals surface area contributed by atoms with Crippen molar-refractivity contribution >= 4 is 19.8 Å². The topological polar surface area (TPSA) is 70.0 Å². The van der Waals surface area contributed by atoms with Crippen LogP contribution in [0.4, 0.5) is 0 Å². The maximum absolute atomic E-state index is 1.50. The quantitative estimate of drug-likeness (QED) is 0.551. The van der Waals surface area contributed by atoms with Crippen molar-refractivity contribution in [3.8, 4) is 0 Å². The van der Waals surface area contributed by atoms with Gasteiger partial charge in [-0.3, -0.25) is 0 Å². The van der Waals surface area contributed by atoms with Crippen molar-refractivity contribution in [2.45, 2.75) is 32.1 Å². The Labute approximate surface area is 65.0 Å². The Morgan fingerprint density at radius 3 is 0.667 bits per heavy atom. The number of hydrogen-bond donors (Lipinski definition) is 2. The van der Waals surface area contributed by atoms with E-state index in [2.05, 4.69) is 0 Å². The normalized spacial score (nSPS) is 13.3. The van der Waals surface area contributed by atoms with E-state index in [0.717, 1.165) is 0 Å². The van der Waals surface area contributed by atoms with Gasteiger partial charge in [0.2, 0.25) is 0 Å². The van der Waals surface area contributed by atoms with Crippen LogP contribution in [0.5, 0.6) is 0 Å². The van der Waals surface area contributed by atoms with E-state index in [0.29, 0.717) is 0 Å². The van der Waals surface area contributed by atoms with Crippen molar-refractivity contribution in [3.63, 3.8) is 0 Å². The van der Waals surface area contributed by atoms with Gasteiger partial charge in [-0.15, -0.1) is 0 Å². The second kappa shape index (κ2) is 15.9. The Morgan fingerprint density at radius 1 is 0.444 bits per heavy atom. The molecule has 0 aromatic heterocycles. The molecule has 0 aromatic carbocycles. The average Bonchev–Trinajstić information content (AvgIpc) is 1.76. The first kappa shape index (κ1) is 22.6. The van der Waals surface area contributed by atoms with Crippen LogP contribution >= 0.6 is 19.8 Å². The zero-order valence-electron chi connectivity index (χ0n) is 6.36. The number of hydrogen-bond acceptors (Lipinski definition) is 2. The summed E-state index contributed by atoms with van der Waals surface area (Å²) in [4.78, 5) is 0. The summed E-state index contributed by atoms with van der Waals surface area (Å²) >= 11 is 0. The van der Waals surface area contributed by atoms with Crippen LogP contribution in [0.15, 0.2) is 0 Å². The maximum Gasteiger partial charge on any atom is -0.0533 e. The summed E-state index contributed by atoms with van der Waals surface area (Å²) in [6, 6.07) is 0. The molecule has 4 heteroatoms. The van der Waals surface area contributed by atoms with Crippen molar-refractivity contribution in [2.24, 2.45) is 0 Å². The Kier molecular flexibility index (Phi) is 39.9. The molecule has 0 heterocycles. The third-order valence-corrected chi connectivity index (χ3v) is 1.25. The predicted octanol–water partition coefficient (Wildman–Crippen LogP) is 2.39. The zero-order valence-corrected chi connectivity index (χ0v) is 9.19. The van der Waals surface area contributed by atoms with E-state index in [1.54, 1.807) is 0 Å². The van der Waals surface area contributed by atoms with Gasteiger partial charge in [-0.05, 0) is 0 Å². The summed E-state index contributed by atoms with van der Waals surface area (Å²) in [7, 11) is 0. The van der Waals surface area contributed by atoms with Crippen molar-refractivity contribution < 1.29 is 0 Å². The second-order valence-electron chi connectivity index (χ2n) is 1.77. The van der Waals surface area contributed by atoms with Crippen LogP contribution in [0.25, 0.3) is 0 Å². The smallest absolute Gasteiger partial charge is 0.0533 e. The van der Waals surface area contributed by atoms with Crippen LogP contribution in [0.3, 0.4) is 0 Å². The highest BCUT2D eigenvalue weighted by molar-refractivity contribution is 6.92. The summed E-state index contributed by atoms with van der Waals surface area (Å²) in [5.41, 5.74) is 0. The fourth-order valence-corrected chi connectivity index (χ4v) is 0.884. The molecule has 2 nitrogen and oxygen atoms in total. The van der Waals surface area contributed by atoms with E-state index in [4.69, 9.17) is 0 Å². The van der Waals surface area contributed by atoms with Gasteiger partial charge < -0.3 is 12.3 Å². The van der Waals surface area contributed by atoms with Crippen LogP contribution in [0.1, 0.15) is 32.1 Å². The second-order valence-corrected chi connectivity index (χ2v) is 1.77. The van der Waals surface area contributed by atoms with E-state index in [-0.39, 0.29) is 32.1 Å². The average molecular weight is 172 g/mol. The lowest BCUT2D eigenvalue weighted by Gasteiger charge is -1.67. The molecule has 1 aliphatic carbocycles. The minimum absolute atomic E-state index is 0. The van der Waals surface area contributed by atoms with Crippen LogP contribution < -0.4 is 12.3 Å². The van der Waals surface area contributed by atoms with E-state index < -0.39 is 0 Å². The molecule has 2 unspecified atom stereocenters. The summed E-state index contributed by atoms with van der Waals surface area (Å²) in [6.45, 7) is 0. The molecule has 1 rings (SSSR count). The minimum Gasteiger partial charge on any atom is -0.344 e. The molecule has 0 saturated heterocycles. The molecule has 2 atom stereocenters. The first-order valence-electron chi connectivity index (χ1n) is 2.50. The third kappa shape index (κ3) is 12.1. The lowest BCUT2D eigenvalue weighted by atomic mass is 10.4. The zero-order chi connectivity index (χ0) is 3.54. The Hall–Kier alpha value is 0.780. The molecule has 0 aromatic rings. The Morgan fingerprint density at radius 2 is 0.556 bits per heavy atom. The van der Waals surface area contributed by atoms with Crippen LogP contribution in [-0.4, -0.2) is 0 Å². The van der Waals surface area contributed by atoms with Crippen molar-refractivity contribution in [1.82, 2.24) is 12.3 Å². The number of rotatable bonds is 0. The van der Waals surface area contributed by atoms with Gasteiger partial charge in [0, 0.05) is 0 Å². The summed E-state index contributed by atoms with van der Waals surface area (Å²) in [6.07, 6.45) is 7.50. The molecule has 62 valence electrons. The first-order chi connectivity index (χ1) is 2.50. The van der Waals surface area contributed by atoms with Gasteiger partial charge in [0.25, 0.3) is 0 Å². The summed E-state index contributed by atoms with van der Waals surface area (Å²) in [5, 5.41) is 0. The van der Waals surface area contributed by atoms with Gasteiger partial charge in [-0.2, -0.15) is 19.8 Å². The lowest BCUT2D eigenvalue weighted by molar-refractivity contribution is 0.886. The maximum atomic E-state index is 1.50. The largest absolute Gasteiger partial charge is 0.344 e. The fourth-order valence-electron chi connectivity index (χ4n) is 0.884. The third-order valence-electron chi connectivity index (χ3n) is 1.25. The van der Waals surface area contributed by atoms with Gasteiger partial charge in [0.1, 0.15) is 0 Å². The first-order valence-corrected chi connectivity index (χ1v) is 2.50. The highest BCUT2D eigenvalue weighted by atomic mass is 31.0. The van der Waals surface area contributed by atoms with E-state index in [9.17, 15) is 0 Å². The van der Waals surface area contributed by atoms with Crippen molar-refractivity contribution in [2.75, 3.05) is 0 Å². The molecular weight excluding hydrogens is 150 g/mol. The monoisotopic (exact) mass is 172 g/mol. The molecular formula is C5H22N2P2. The summed E-state index contributed by atoms with van der Waals surface area (Å²) < 4.78 is 0. The van der Waals surface area contributed by atoms with Gasteiger partial charge in [0.05, 0.1) is 0 Å². The van der Waals surface area contributed by atoms with E-state index in [1.165, 1.54) is 32.1 Å². The van der Waals surface area contributed by atoms with E-state index >= 15 is 0 Å². The van der Waals surface area contributed by atoms with Crippen molar-refractivity contribution in [1.29, 1.82) is 0 Å². The van der Waals surface area contributed by atoms with Crippen LogP contribution in [-0.2, 0) is 0 Å². The van der Waals surface area contributed by atoms with Crippen LogP contribution in [0, 0.1) is 0 Å². The summed E-state index contributed by atoms with van der Waals surface area (Å²) in [5.74, 6) is 0. The Balaban J connectivity index is -0.0000000312. The van der Waals surface area contributed by atoms with Gasteiger partial charge in [0.15, 0.2) is 0 Å². The molecule has 1 fully saturated rings. The highest BCUT2D eigenvalue weighted by Gasteiger charge is 1.95. The van der Waals surface area contributed by atoms with E-state index in [1.807, 2.05) is 0 Å². The molecule has 0 aliphatic heterocycles. The van der Waals surface area contributed by atoms with Crippen LogP contribution in [0.2, 0.25) is 0 Å². The van der Waals surface area contributed by atoms with Crippen molar-refractivity contribution in [3.05, 3.63) is 0 Å². The SMILES string of the molecule is C1CCCC1.N.N.P.P. The molecule has 1 aliphatic rings. The fraction of sp³-hybridized carbons (Fsp3) is 1.00. The predicted molar refractivity (Wildman–Crippen MR) is 55.3 cm³/mol. The molecule has 0 amide bonds. The molecule has 0 spiro atoms. The molecule has 0 bridgehead atoms. The molecule has 6 N–H and O–H groups in total. The lowest BCUT2D eigenvalue weighted by Crippen LogP contribution is -1.47.